The van der Waals surface area contributed by atoms with Gasteiger partial charge in [-0.25, -0.2) is 4.79 Å². The number of carbonyl (C=O) groups excluding carboxylic acids is 2. The van der Waals surface area contributed by atoms with E-state index in [2.05, 4.69) is 4.74 Å². The zero-order valence-electron chi connectivity index (χ0n) is 8.01. The van der Waals surface area contributed by atoms with Gasteiger partial charge in [-0.1, -0.05) is 30.3 Å². The lowest BCUT2D eigenvalue weighted by Crippen LogP contribution is -2.18. The Hall–Kier alpha value is -1.68. The van der Waals surface area contributed by atoms with E-state index in [1.54, 1.807) is 0 Å². The average Bonchev–Trinajstić information content (AvgIpc) is 2.56. The molecule has 0 saturated carbocycles. The minimum Gasteiger partial charge on any atom is -0.391 e. The Morgan fingerprint density at radius 2 is 2.00 bits per heavy atom. The van der Waals surface area contributed by atoms with E-state index in [1.807, 2.05) is 30.3 Å². The average molecular weight is 206 g/mol. The number of cyclic esters (lactones) is 2. The van der Waals surface area contributed by atoms with Crippen LogP contribution in [0, 0.1) is 0 Å². The van der Waals surface area contributed by atoms with Crippen LogP contribution in [0.1, 0.15) is 12.0 Å². The first-order chi connectivity index (χ1) is 7.25. The molecule has 1 aromatic rings. The van der Waals surface area contributed by atoms with E-state index in [9.17, 15) is 9.59 Å². The molecule has 15 heavy (non-hydrogen) atoms. The van der Waals surface area contributed by atoms with E-state index >= 15 is 0 Å². The van der Waals surface area contributed by atoms with Crippen LogP contribution in [0.4, 0.5) is 0 Å². The standard InChI is InChI=1S/C11H10O4/c12-10-6-9(11(13)15-10)14-7-8-4-2-1-3-5-8/h1-5,9H,6-7H2/t9-/m0/s1. The van der Waals surface area contributed by atoms with Gasteiger partial charge in [0.05, 0.1) is 13.0 Å². The van der Waals surface area contributed by atoms with E-state index in [0.29, 0.717) is 6.61 Å². The van der Waals surface area contributed by atoms with Crippen molar-refractivity contribution in [3.63, 3.8) is 0 Å². The van der Waals surface area contributed by atoms with Gasteiger partial charge in [-0.2, -0.15) is 0 Å². The van der Waals surface area contributed by atoms with Crippen molar-refractivity contribution in [3.8, 4) is 0 Å². The molecule has 0 unspecified atom stereocenters. The zero-order chi connectivity index (χ0) is 10.7. The zero-order valence-corrected chi connectivity index (χ0v) is 8.01. The fraction of sp³-hybridized carbons (Fsp3) is 0.273. The lowest BCUT2D eigenvalue weighted by Gasteiger charge is -2.06. The predicted octanol–water partition coefficient (Wildman–Crippen LogP) is 1.05. The summed E-state index contributed by atoms with van der Waals surface area (Å²) in [6, 6.07) is 9.45. The molecule has 0 radical (unpaired) electrons. The minimum absolute atomic E-state index is 0.0195. The van der Waals surface area contributed by atoms with Gasteiger partial charge >= 0.3 is 11.9 Å². The summed E-state index contributed by atoms with van der Waals surface area (Å²) in [5.41, 5.74) is 0.963. The van der Waals surface area contributed by atoms with Crippen molar-refractivity contribution in [3.05, 3.63) is 35.9 Å². The fourth-order valence-electron chi connectivity index (χ4n) is 1.35. The van der Waals surface area contributed by atoms with E-state index < -0.39 is 18.0 Å². The molecule has 1 aliphatic heterocycles. The van der Waals surface area contributed by atoms with Gasteiger partial charge < -0.3 is 9.47 Å². The second-order valence-electron chi connectivity index (χ2n) is 3.28. The largest absolute Gasteiger partial charge is 0.391 e. The normalized spacial score (nSPS) is 20.4. The number of benzene rings is 1. The smallest absolute Gasteiger partial charge is 0.343 e. The van der Waals surface area contributed by atoms with Crippen molar-refractivity contribution in [2.75, 3.05) is 0 Å². The Morgan fingerprint density at radius 3 is 2.60 bits per heavy atom. The second-order valence-corrected chi connectivity index (χ2v) is 3.28. The van der Waals surface area contributed by atoms with Gasteiger partial charge in [-0.3, -0.25) is 4.79 Å². The van der Waals surface area contributed by atoms with Crippen molar-refractivity contribution >= 4 is 11.9 Å². The molecule has 1 heterocycles. The van der Waals surface area contributed by atoms with Crippen molar-refractivity contribution in [2.24, 2.45) is 0 Å². The summed E-state index contributed by atoms with van der Waals surface area (Å²) in [6.45, 7) is 0.313. The highest BCUT2D eigenvalue weighted by molar-refractivity contribution is 5.96. The third kappa shape index (κ3) is 2.41. The summed E-state index contributed by atoms with van der Waals surface area (Å²) in [4.78, 5) is 21.8. The molecule has 4 nitrogen and oxygen atoms in total. The molecule has 1 atom stereocenters. The maximum atomic E-state index is 11.0. The quantitative estimate of drug-likeness (QED) is 0.547. The van der Waals surface area contributed by atoms with Crippen LogP contribution < -0.4 is 0 Å². The number of rotatable bonds is 3. The predicted molar refractivity (Wildman–Crippen MR) is 50.7 cm³/mol. The summed E-state index contributed by atoms with van der Waals surface area (Å²) in [7, 11) is 0. The summed E-state index contributed by atoms with van der Waals surface area (Å²) in [5, 5.41) is 0. The monoisotopic (exact) mass is 206 g/mol. The summed E-state index contributed by atoms with van der Waals surface area (Å²) in [6.07, 6.45) is -0.719. The summed E-state index contributed by atoms with van der Waals surface area (Å²) in [5.74, 6) is -1.10. The number of hydrogen-bond acceptors (Lipinski definition) is 4. The first-order valence-electron chi connectivity index (χ1n) is 4.66. The van der Waals surface area contributed by atoms with Crippen LogP contribution in [0.2, 0.25) is 0 Å². The lowest BCUT2D eigenvalue weighted by atomic mass is 10.2. The third-order valence-electron chi connectivity index (χ3n) is 2.12. The van der Waals surface area contributed by atoms with Crippen molar-refractivity contribution < 1.29 is 19.1 Å². The van der Waals surface area contributed by atoms with Gasteiger partial charge in [0.25, 0.3) is 0 Å². The molecule has 1 aliphatic rings. The fourth-order valence-corrected chi connectivity index (χ4v) is 1.35. The first kappa shape index (κ1) is 9.86. The van der Waals surface area contributed by atoms with Gasteiger partial charge in [0.2, 0.25) is 0 Å². The van der Waals surface area contributed by atoms with E-state index in [4.69, 9.17) is 4.74 Å². The summed E-state index contributed by atoms with van der Waals surface area (Å²) < 4.78 is 9.64. The van der Waals surface area contributed by atoms with Crippen molar-refractivity contribution in [2.45, 2.75) is 19.1 Å². The van der Waals surface area contributed by atoms with E-state index in [1.165, 1.54) is 0 Å². The van der Waals surface area contributed by atoms with Crippen LogP contribution in [0.3, 0.4) is 0 Å². The molecule has 1 saturated heterocycles. The number of carbonyl (C=O) groups is 2. The molecule has 78 valence electrons. The highest BCUT2D eigenvalue weighted by Gasteiger charge is 2.34. The first-order valence-corrected chi connectivity index (χ1v) is 4.66. The molecule has 0 aromatic heterocycles. The Bertz CT molecular complexity index is 371. The Morgan fingerprint density at radius 1 is 1.27 bits per heavy atom. The Kier molecular flexibility index (Phi) is 2.78. The van der Waals surface area contributed by atoms with Crippen LogP contribution in [-0.4, -0.2) is 18.0 Å². The highest BCUT2D eigenvalue weighted by atomic mass is 16.6. The van der Waals surface area contributed by atoms with Gasteiger partial charge in [-0.15, -0.1) is 0 Å². The lowest BCUT2D eigenvalue weighted by molar-refractivity contribution is -0.155. The molecule has 1 aromatic carbocycles. The molecular formula is C11H10O4. The van der Waals surface area contributed by atoms with Gasteiger partial charge in [-0.05, 0) is 5.56 Å². The topological polar surface area (TPSA) is 52.6 Å². The molecule has 0 bridgehead atoms. The SMILES string of the molecule is O=C1C[C@H](OCc2ccccc2)C(=O)O1. The maximum Gasteiger partial charge on any atom is 0.343 e. The maximum absolute atomic E-state index is 11.0. The Balaban J connectivity index is 1.89. The molecule has 0 N–H and O–H groups in total. The molecule has 1 fully saturated rings. The molecule has 0 spiro atoms. The number of esters is 2. The molecule has 2 rings (SSSR count). The number of hydrogen-bond donors (Lipinski definition) is 0. The van der Waals surface area contributed by atoms with E-state index in [0.717, 1.165) is 5.56 Å². The number of ether oxygens (including phenoxy) is 2. The minimum atomic E-state index is -0.738. The van der Waals surface area contributed by atoms with Crippen molar-refractivity contribution in [1.82, 2.24) is 0 Å². The van der Waals surface area contributed by atoms with Crippen LogP contribution >= 0.6 is 0 Å². The third-order valence-corrected chi connectivity index (χ3v) is 2.12. The van der Waals surface area contributed by atoms with Gasteiger partial charge in [0.1, 0.15) is 0 Å². The highest BCUT2D eigenvalue weighted by Crippen LogP contribution is 2.14. The van der Waals surface area contributed by atoms with Crippen LogP contribution in [0.25, 0.3) is 0 Å². The Labute approximate surface area is 86.8 Å². The molecule has 0 aliphatic carbocycles. The van der Waals surface area contributed by atoms with E-state index in [-0.39, 0.29) is 6.42 Å². The van der Waals surface area contributed by atoms with Crippen LogP contribution in [0.5, 0.6) is 0 Å². The van der Waals surface area contributed by atoms with Gasteiger partial charge in [0, 0.05) is 0 Å². The van der Waals surface area contributed by atoms with Crippen LogP contribution in [0.15, 0.2) is 30.3 Å². The van der Waals surface area contributed by atoms with Crippen LogP contribution in [-0.2, 0) is 25.7 Å². The van der Waals surface area contributed by atoms with Gasteiger partial charge in [0.15, 0.2) is 6.10 Å². The van der Waals surface area contributed by atoms with Crippen molar-refractivity contribution in [1.29, 1.82) is 0 Å². The molecule has 4 heteroatoms. The second kappa shape index (κ2) is 4.23. The molecule has 0 amide bonds. The molecular weight excluding hydrogens is 196 g/mol. The summed E-state index contributed by atoms with van der Waals surface area (Å²) >= 11 is 0.